The van der Waals surface area contributed by atoms with E-state index in [1.54, 1.807) is 6.07 Å². The van der Waals surface area contributed by atoms with Gasteiger partial charge in [-0.15, -0.1) is 0 Å². The van der Waals surface area contributed by atoms with E-state index in [2.05, 4.69) is 36.9 Å². The van der Waals surface area contributed by atoms with Crippen molar-refractivity contribution in [2.45, 2.75) is 50.8 Å². The third-order valence-electron chi connectivity index (χ3n) is 7.68. The van der Waals surface area contributed by atoms with E-state index in [0.717, 1.165) is 76.1 Å². The second-order valence-corrected chi connectivity index (χ2v) is 12.7. The van der Waals surface area contributed by atoms with E-state index in [1.165, 1.54) is 11.8 Å². The van der Waals surface area contributed by atoms with E-state index in [1.807, 2.05) is 12.3 Å². The second-order valence-electron chi connectivity index (χ2n) is 10.9. The zero-order valence-electron chi connectivity index (χ0n) is 23.0. The van der Waals surface area contributed by atoms with Crippen molar-refractivity contribution in [2.75, 3.05) is 61.1 Å². The van der Waals surface area contributed by atoms with E-state index in [0.29, 0.717) is 41.6 Å². The zero-order chi connectivity index (χ0) is 27.7. The number of likely N-dealkylation sites (N-methyl/N-ethyl adjacent to an activating group) is 1. The van der Waals surface area contributed by atoms with Gasteiger partial charge in [-0.05, 0) is 38.8 Å². The summed E-state index contributed by atoms with van der Waals surface area (Å²) >= 11 is 0. The van der Waals surface area contributed by atoms with Crippen LogP contribution in [0.5, 0.6) is 5.88 Å². The lowest BCUT2D eigenvalue weighted by atomic mass is 9.93. The number of fused-ring (bicyclic) bond motifs is 2. The van der Waals surface area contributed by atoms with Crippen molar-refractivity contribution in [3.8, 4) is 5.88 Å². The molecule has 0 radical (unpaired) electrons. The molecule has 13 heteroatoms. The number of ether oxygens (including phenoxy) is 2. The average Bonchev–Trinajstić information content (AvgIpc) is 2.94. The molecule has 3 aliphatic rings. The highest BCUT2D eigenvalue weighted by Crippen LogP contribution is 2.33. The molecule has 2 aliphatic heterocycles. The summed E-state index contributed by atoms with van der Waals surface area (Å²) in [6.07, 6.45) is 9.09. The van der Waals surface area contributed by atoms with Crippen molar-refractivity contribution in [1.29, 1.82) is 0 Å². The van der Waals surface area contributed by atoms with Crippen molar-refractivity contribution in [1.82, 2.24) is 24.8 Å². The summed E-state index contributed by atoms with van der Waals surface area (Å²) in [5, 5.41) is 4.22. The predicted molar refractivity (Wildman–Crippen MR) is 153 cm³/mol. The Morgan fingerprint density at radius 3 is 2.60 bits per heavy atom. The summed E-state index contributed by atoms with van der Waals surface area (Å²) in [6.45, 7) is 4.68. The number of hydrogen-bond acceptors (Lipinski definition) is 11. The highest BCUT2D eigenvalue weighted by Gasteiger charge is 2.26. The van der Waals surface area contributed by atoms with Crippen molar-refractivity contribution < 1.29 is 17.9 Å². The fourth-order valence-corrected chi connectivity index (χ4v) is 6.13. The van der Waals surface area contributed by atoms with E-state index in [4.69, 9.17) is 19.4 Å². The van der Waals surface area contributed by atoms with Crippen molar-refractivity contribution in [2.24, 2.45) is 0 Å². The maximum absolute atomic E-state index is 11.8. The molecular weight excluding hydrogens is 532 g/mol. The van der Waals surface area contributed by atoms with Gasteiger partial charge in [0.2, 0.25) is 21.9 Å². The molecule has 0 atom stereocenters. The van der Waals surface area contributed by atoms with Gasteiger partial charge in [-0.25, -0.2) is 18.4 Å². The molecule has 2 fully saturated rings. The average molecular weight is 569 g/mol. The molecule has 214 valence electrons. The number of nitrogens with zero attached hydrogens (tertiary/aromatic N) is 6. The van der Waals surface area contributed by atoms with Crippen molar-refractivity contribution in [3.05, 3.63) is 35.8 Å². The first-order valence-corrected chi connectivity index (χ1v) is 15.8. The maximum Gasteiger partial charge on any atom is 0.229 e. The van der Waals surface area contributed by atoms with Gasteiger partial charge >= 0.3 is 0 Å². The van der Waals surface area contributed by atoms with Gasteiger partial charge in [-0.3, -0.25) is 9.71 Å². The number of hydrogen-bond donors (Lipinski definition) is 2. The summed E-state index contributed by atoms with van der Waals surface area (Å²) in [5.41, 5.74) is 3.44. The number of rotatable bonds is 7. The number of pyridine rings is 2. The second kappa shape index (κ2) is 11.3. The smallest absolute Gasteiger partial charge is 0.229 e. The van der Waals surface area contributed by atoms with Crippen LogP contribution in [0.25, 0.3) is 10.9 Å². The van der Waals surface area contributed by atoms with E-state index < -0.39 is 10.0 Å². The van der Waals surface area contributed by atoms with Crippen LogP contribution in [0.3, 0.4) is 0 Å². The molecule has 12 nitrogen and oxygen atoms in total. The molecule has 3 aromatic rings. The lowest BCUT2D eigenvalue weighted by Gasteiger charge is -2.31. The predicted octanol–water partition coefficient (Wildman–Crippen LogP) is 2.42. The first-order valence-electron chi connectivity index (χ1n) is 13.9. The Hall–Kier alpha value is -3.29. The quantitative estimate of drug-likeness (QED) is 0.435. The van der Waals surface area contributed by atoms with Gasteiger partial charge in [0.05, 0.1) is 48.0 Å². The normalized spacial score (nSPS) is 22.1. The monoisotopic (exact) mass is 568 g/mol. The van der Waals surface area contributed by atoms with Crippen LogP contribution in [-0.4, -0.2) is 91.6 Å². The zero-order valence-corrected chi connectivity index (χ0v) is 23.8. The molecule has 1 aliphatic carbocycles. The summed E-state index contributed by atoms with van der Waals surface area (Å²) in [6, 6.07) is 3.95. The summed E-state index contributed by atoms with van der Waals surface area (Å²) in [5.74, 6) is 1.96. The van der Waals surface area contributed by atoms with Crippen LogP contribution in [0.15, 0.2) is 24.5 Å². The van der Waals surface area contributed by atoms with Crippen LogP contribution in [0.1, 0.15) is 36.9 Å². The van der Waals surface area contributed by atoms with Crippen LogP contribution in [0.2, 0.25) is 0 Å². The minimum absolute atomic E-state index is 0.0137. The van der Waals surface area contributed by atoms with Crippen LogP contribution in [-0.2, 0) is 27.7 Å². The van der Waals surface area contributed by atoms with Gasteiger partial charge in [-0.1, -0.05) is 0 Å². The van der Waals surface area contributed by atoms with Crippen LogP contribution in [0.4, 0.5) is 17.5 Å². The van der Waals surface area contributed by atoms with Gasteiger partial charge < -0.3 is 24.6 Å². The minimum Gasteiger partial charge on any atom is -0.474 e. The van der Waals surface area contributed by atoms with Crippen LogP contribution >= 0.6 is 0 Å². The lowest BCUT2D eigenvalue weighted by Crippen LogP contribution is -2.37. The SMILES string of the molecule is CN1CCc2nc(NC3CCC(Oc4nc(N5CCOCC5)cc5ncc(NS(C)(=O)=O)cc45)CC3)ncc2C1. The maximum atomic E-state index is 11.8. The number of sulfonamides is 1. The summed E-state index contributed by atoms with van der Waals surface area (Å²) in [4.78, 5) is 23.2. The molecule has 2 N–H and O–H groups in total. The van der Waals surface area contributed by atoms with Crippen LogP contribution < -0.4 is 19.7 Å². The third kappa shape index (κ3) is 6.37. The Balaban J connectivity index is 1.17. The van der Waals surface area contributed by atoms with Crippen LogP contribution in [0, 0.1) is 0 Å². The standard InChI is InChI=1S/C27H36N8O4S/c1-34-8-7-23-18(17-34)15-29-27(31-23)30-19-3-5-21(6-4-19)39-26-22-13-20(33-40(2,36)37)16-28-24(22)14-25(32-26)35-9-11-38-12-10-35/h13-16,19,21,33H,3-12,17H2,1-2H3,(H,29,30,31). The molecule has 0 aromatic carbocycles. The minimum atomic E-state index is -3.44. The Kier molecular flexibility index (Phi) is 7.60. The molecule has 0 unspecified atom stereocenters. The number of morpholine rings is 1. The molecule has 3 aromatic heterocycles. The number of anilines is 3. The molecule has 0 amide bonds. The molecule has 1 saturated heterocycles. The Labute approximate surface area is 234 Å². The molecule has 0 bridgehead atoms. The highest BCUT2D eigenvalue weighted by molar-refractivity contribution is 7.92. The van der Waals surface area contributed by atoms with E-state index >= 15 is 0 Å². The first kappa shape index (κ1) is 26.9. The van der Waals surface area contributed by atoms with Gasteiger partial charge in [0.1, 0.15) is 11.9 Å². The van der Waals surface area contributed by atoms with Gasteiger partial charge in [0.25, 0.3) is 0 Å². The Morgan fingerprint density at radius 1 is 1.02 bits per heavy atom. The third-order valence-corrected chi connectivity index (χ3v) is 8.29. The van der Waals surface area contributed by atoms with Gasteiger partial charge in [0.15, 0.2) is 0 Å². The molecular formula is C27H36N8O4S. The topological polar surface area (TPSA) is 135 Å². The molecule has 1 saturated carbocycles. The van der Waals surface area contributed by atoms with Gasteiger partial charge in [-0.2, -0.15) is 4.98 Å². The summed E-state index contributed by atoms with van der Waals surface area (Å²) < 4.78 is 38.2. The first-order chi connectivity index (χ1) is 19.3. The van der Waals surface area contributed by atoms with Crippen molar-refractivity contribution >= 4 is 38.4 Å². The van der Waals surface area contributed by atoms with E-state index in [9.17, 15) is 8.42 Å². The van der Waals surface area contributed by atoms with Gasteiger partial charge in [0, 0.05) is 56.5 Å². The number of aromatic nitrogens is 4. The Morgan fingerprint density at radius 2 is 1.82 bits per heavy atom. The number of nitrogens with one attached hydrogen (secondary N) is 2. The fourth-order valence-electron chi connectivity index (χ4n) is 5.59. The van der Waals surface area contributed by atoms with E-state index in [-0.39, 0.29) is 12.1 Å². The lowest BCUT2D eigenvalue weighted by molar-refractivity contribution is 0.122. The molecule has 40 heavy (non-hydrogen) atoms. The largest absolute Gasteiger partial charge is 0.474 e. The molecule has 0 spiro atoms. The van der Waals surface area contributed by atoms with Crippen molar-refractivity contribution in [3.63, 3.8) is 0 Å². The highest BCUT2D eigenvalue weighted by atomic mass is 32.2. The Bertz CT molecular complexity index is 1470. The fraction of sp³-hybridized carbons (Fsp3) is 0.556. The summed E-state index contributed by atoms with van der Waals surface area (Å²) in [7, 11) is -1.32. The molecule has 6 rings (SSSR count). The molecule has 5 heterocycles.